The zero-order valence-corrected chi connectivity index (χ0v) is 8.60. The van der Waals surface area contributed by atoms with Gasteiger partial charge in [-0.2, -0.15) is 0 Å². The fourth-order valence-corrected chi connectivity index (χ4v) is 2.29. The molecular weight excluding hydrogens is 182 g/mol. The third-order valence-electron chi connectivity index (χ3n) is 2.50. The predicted molar refractivity (Wildman–Crippen MR) is 56.2 cm³/mol. The standard InChI is InChI=1S/C9H15N3S/c1-7-8(3-2-4-10-7)12-9-11-5-6-13-9/h5-8,10H,2-4H2,1H3,(H,11,12). The van der Waals surface area contributed by atoms with Crippen LogP contribution < -0.4 is 10.6 Å². The molecule has 1 aromatic rings. The Balaban J connectivity index is 1.93. The Morgan fingerprint density at radius 2 is 2.62 bits per heavy atom. The molecule has 0 saturated carbocycles. The lowest BCUT2D eigenvalue weighted by Crippen LogP contribution is -2.46. The van der Waals surface area contributed by atoms with Crippen LogP contribution in [0, 0.1) is 0 Å². The molecule has 2 atom stereocenters. The number of piperidine rings is 1. The number of rotatable bonds is 2. The summed E-state index contributed by atoms with van der Waals surface area (Å²) in [5.74, 6) is 0. The number of thiazole rings is 1. The van der Waals surface area contributed by atoms with Crippen molar-refractivity contribution in [1.29, 1.82) is 0 Å². The fourth-order valence-electron chi connectivity index (χ4n) is 1.69. The van der Waals surface area contributed by atoms with Gasteiger partial charge in [-0.25, -0.2) is 4.98 Å². The van der Waals surface area contributed by atoms with Gasteiger partial charge in [-0.3, -0.25) is 0 Å². The number of hydrogen-bond acceptors (Lipinski definition) is 4. The van der Waals surface area contributed by atoms with Crippen LogP contribution in [0.1, 0.15) is 19.8 Å². The molecule has 0 aliphatic carbocycles. The normalized spacial score (nSPS) is 28.7. The summed E-state index contributed by atoms with van der Waals surface area (Å²) in [6.45, 7) is 3.38. The van der Waals surface area contributed by atoms with Crippen LogP contribution in [0.5, 0.6) is 0 Å². The van der Waals surface area contributed by atoms with Crippen LogP contribution >= 0.6 is 11.3 Å². The number of nitrogens with zero attached hydrogens (tertiary/aromatic N) is 1. The van der Waals surface area contributed by atoms with E-state index in [4.69, 9.17) is 0 Å². The highest BCUT2D eigenvalue weighted by molar-refractivity contribution is 7.13. The maximum Gasteiger partial charge on any atom is 0.182 e. The molecule has 0 spiro atoms. The zero-order chi connectivity index (χ0) is 9.10. The van der Waals surface area contributed by atoms with Gasteiger partial charge in [0.25, 0.3) is 0 Å². The summed E-state index contributed by atoms with van der Waals surface area (Å²) >= 11 is 1.67. The lowest BCUT2D eigenvalue weighted by Gasteiger charge is -2.30. The fraction of sp³-hybridized carbons (Fsp3) is 0.667. The van der Waals surface area contributed by atoms with E-state index in [1.54, 1.807) is 11.3 Å². The molecule has 0 bridgehead atoms. The van der Waals surface area contributed by atoms with Crippen molar-refractivity contribution in [2.24, 2.45) is 0 Å². The van der Waals surface area contributed by atoms with E-state index in [0.717, 1.165) is 11.7 Å². The van der Waals surface area contributed by atoms with E-state index in [2.05, 4.69) is 22.5 Å². The van der Waals surface area contributed by atoms with Crippen LogP contribution in [0.2, 0.25) is 0 Å². The van der Waals surface area contributed by atoms with Crippen LogP contribution in [0.4, 0.5) is 5.13 Å². The van der Waals surface area contributed by atoms with Crippen LogP contribution in [-0.4, -0.2) is 23.6 Å². The van der Waals surface area contributed by atoms with E-state index in [-0.39, 0.29) is 0 Å². The second-order valence-electron chi connectivity index (χ2n) is 3.47. The number of hydrogen-bond donors (Lipinski definition) is 2. The Kier molecular flexibility index (Phi) is 2.80. The van der Waals surface area contributed by atoms with Crippen molar-refractivity contribution >= 4 is 16.5 Å². The van der Waals surface area contributed by atoms with E-state index < -0.39 is 0 Å². The molecule has 2 rings (SSSR count). The highest BCUT2D eigenvalue weighted by Gasteiger charge is 2.20. The molecule has 1 fully saturated rings. The summed E-state index contributed by atoms with van der Waals surface area (Å²) < 4.78 is 0. The lowest BCUT2D eigenvalue weighted by atomic mass is 10.0. The minimum atomic E-state index is 0.542. The summed E-state index contributed by atoms with van der Waals surface area (Å²) in [5.41, 5.74) is 0. The van der Waals surface area contributed by atoms with E-state index in [9.17, 15) is 0 Å². The minimum absolute atomic E-state index is 0.542. The molecule has 0 amide bonds. The minimum Gasteiger partial charge on any atom is -0.357 e. The molecule has 1 aromatic heterocycles. The van der Waals surface area contributed by atoms with Crippen LogP contribution in [-0.2, 0) is 0 Å². The van der Waals surface area contributed by atoms with Gasteiger partial charge in [-0.15, -0.1) is 11.3 Å². The number of nitrogens with one attached hydrogen (secondary N) is 2. The van der Waals surface area contributed by atoms with Crippen molar-refractivity contribution in [3.8, 4) is 0 Å². The lowest BCUT2D eigenvalue weighted by molar-refractivity contribution is 0.389. The van der Waals surface area contributed by atoms with Gasteiger partial charge in [0, 0.05) is 23.7 Å². The zero-order valence-electron chi connectivity index (χ0n) is 7.79. The molecule has 3 nitrogen and oxygen atoms in total. The monoisotopic (exact) mass is 197 g/mol. The first-order valence-electron chi connectivity index (χ1n) is 4.75. The first kappa shape index (κ1) is 8.97. The first-order chi connectivity index (χ1) is 6.36. The van der Waals surface area contributed by atoms with Crippen LogP contribution in [0.25, 0.3) is 0 Å². The first-order valence-corrected chi connectivity index (χ1v) is 5.63. The molecule has 72 valence electrons. The molecule has 0 aromatic carbocycles. The summed E-state index contributed by atoms with van der Waals surface area (Å²) in [5, 5.41) is 9.96. The van der Waals surface area contributed by atoms with E-state index in [1.807, 2.05) is 11.6 Å². The van der Waals surface area contributed by atoms with Gasteiger partial charge >= 0.3 is 0 Å². The maximum atomic E-state index is 4.22. The van der Waals surface area contributed by atoms with Crippen LogP contribution in [0.15, 0.2) is 11.6 Å². The van der Waals surface area contributed by atoms with Gasteiger partial charge in [0.2, 0.25) is 0 Å². The van der Waals surface area contributed by atoms with Crippen molar-refractivity contribution < 1.29 is 0 Å². The Morgan fingerprint density at radius 1 is 1.69 bits per heavy atom. The van der Waals surface area contributed by atoms with E-state index >= 15 is 0 Å². The van der Waals surface area contributed by atoms with Crippen molar-refractivity contribution in [3.63, 3.8) is 0 Å². The molecule has 2 heterocycles. The van der Waals surface area contributed by atoms with Gasteiger partial charge in [-0.1, -0.05) is 0 Å². The summed E-state index contributed by atoms with van der Waals surface area (Å²) in [6, 6.07) is 1.09. The second-order valence-corrected chi connectivity index (χ2v) is 4.37. The molecule has 13 heavy (non-hydrogen) atoms. The molecule has 1 aliphatic rings. The Hall–Kier alpha value is -0.610. The summed E-state index contributed by atoms with van der Waals surface area (Å²) in [6.07, 6.45) is 4.34. The Morgan fingerprint density at radius 3 is 3.31 bits per heavy atom. The highest BCUT2D eigenvalue weighted by Crippen LogP contribution is 2.17. The molecular formula is C9H15N3S. The molecule has 2 N–H and O–H groups in total. The van der Waals surface area contributed by atoms with Crippen LogP contribution in [0.3, 0.4) is 0 Å². The third-order valence-corrected chi connectivity index (χ3v) is 3.21. The average Bonchev–Trinajstić information content (AvgIpc) is 2.61. The van der Waals surface area contributed by atoms with Gasteiger partial charge in [0.05, 0.1) is 0 Å². The SMILES string of the molecule is CC1NCCCC1Nc1nccs1. The summed E-state index contributed by atoms with van der Waals surface area (Å²) in [7, 11) is 0. The summed E-state index contributed by atoms with van der Waals surface area (Å²) in [4.78, 5) is 4.22. The molecule has 2 unspecified atom stereocenters. The van der Waals surface area contributed by atoms with Gasteiger partial charge < -0.3 is 10.6 Å². The van der Waals surface area contributed by atoms with E-state index in [1.165, 1.54) is 12.8 Å². The predicted octanol–water partition coefficient (Wildman–Crippen LogP) is 1.70. The second kappa shape index (κ2) is 4.07. The van der Waals surface area contributed by atoms with Crippen molar-refractivity contribution in [1.82, 2.24) is 10.3 Å². The molecule has 0 radical (unpaired) electrons. The topological polar surface area (TPSA) is 37.0 Å². The van der Waals surface area contributed by atoms with Gasteiger partial charge in [-0.05, 0) is 26.3 Å². The third kappa shape index (κ3) is 2.19. The van der Waals surface area contributed by atoms with Crippen molar-refractivity contribution in [2.75, 3.05) is 11.9 Å². The average molecular weight is 197 g/mol. The Bertz CT molecular complexity index is 247. The Labute approximate surface area is 82.6 Å². The maximum absolute atomic E-state index is 4.22. The number of aromatic nitrogens is 1. The van der Waals surface area contributed by atoms with Crippen molar-refractivity contribution in [3.05, 3.63) is 11.6 Å². The van der Waals surface area contributed by atoms with Gasteiger partial charge in [0.1, 0.15) is 0 Å². The molecule has 4 heteroatoms. The van der Waals surface area contributed by atoms with E-state index in [0.29, 0.717) is 12.1 Å². The van der Waals surface area contributed by atoms with Gasteiger partial charge in [0.15, 0.2) is 5.13 Å². The highest BCUT2D eigenvalue weighted by atomic mass is 32.1. The largest absolute Gasteiger partial charge is 0.357 e. The smallest absolute Gasteiger partial charge is 0.182 e. The quantitative estimate of drug-likeness (QED) is 0.757. The molecule has 1 saturated heterocycles. The number of anilines is 1. The van der Waals surface area contributed by atoms with Crippen molar-refractivity contribution in [2.45, 2.75) is 31.8 Å². The molecule has 1 aliphatic heterocycles.